The van der Waals surface area contributed by atoms with Gasteiger partial charge in [-0.05, 0) is 30.7 Å². The first kappa shape index (κ1) is 19.2. The lowest BCUT2D eigenvalue weighted by Gasteiger charge is -2.32. The third-order valence-corrected chi connectivity index (χ3v) is 7.03. The summed E-state index contributed by atoms with van der Waals surface area (Å²) in [5, 5.41) is 1.16. The minimum absolute atomic E-state index is 0.0318. The van der Waals surface area contributed by atoms with Crippen LogP contribution in [0.5, 0.6) is 0 Å². The molecule has 2 aliphatic heterocycles. The number of aromatic nitrogens is 1. The van der Waals surface area contributed by atoms with E-state index in [-0.39, 0.29) is 11.8 Å². The summed E-state index contributed by atoms with van der Waals surface area (Å²) >= 11 is 1.76. The number of fused-ring (bicyclic) bond motifs is 1. The molecule has 30 heavy (non-hydrogen) atoms. The van der Waals surface area contributed by atoms with Crippen molar-refractivity contribution in [1.82, 2.24) is 9.88 Å². The predicted octanol–water partition coefficient (Wildman–Crippen LogP) is 1.96. The van der Waals surface area contributed by atoms with Crippen LogP contribution in [0, 0.1) is 0 Å². The van der Waals surface area contributed by atoms with E-state index in [1.165, 1.54) is 9.60 Å². The second-order valence-electron chi connectivity index (χ2n) is 7.96. The molecule has 154 valence electrons. The molecule has 0 aliphatic carbocycles. The normalized spacial score (nSPS) is 17.8. The molecule has 0 atom stereocenters. The molecular formula is C23H25N4O2S+. The van der Waals surface area contributed by atoms with E-state index in [0.717, 1.165) is 55.4 Å². The SMILES string of the molecule is O=C(c1ccccc1N1CCCC1=O)N1CC[NH+](Cc2nc3ccccc3s2)CC1. The molecule has 0 saturated carbocycles. The largest absolute Gasteiger partial charge is 0.327 e. The van der Waals surface area contributed by atoms with Crippen molar-refractivity contribution in [3.05, 3.63) is 59.1 Å². The van der Waals surface area contributed by atoms with Gasteiger partial charge in [-0.1, -0.05) is 24.3 Å². The number of hydrogen-bond donors (Lipinski definition) is 1. The summed E-state index contributed by atoms with van der Waals surface area (Å²) in [6.45, 7) is 4.87. The van der Waals surface area contributed by atoms with Crippen molar-refractivity contribution in [2.75, 3.05) is 37.6 Å². The van der Waals surface area contributed by atoms with Crippen molar-refractivity contribution < 1.29 is 14.5 Å². The Morgan fingerprint density at radius 3 is 2.57 bits per heavy atom. The standard InChI is InChI=1S/C23H24N4O2S/c28-22-10-5-11-27(22)19-8-3-1-6-17(19)23(29)26-14-12-25(13-15-26)16-21-24-18-7-2-4-9-20(18)30-21/h1-4,6-9H,5,10-16H2/p+1. The van der Waals surface area contributed by atoms with Gasteiger partial charge >= 0.3 is 0 Å². The van der Waals surface area contributed by atoms with E-state index >= 15 is 0 Å². The smallest absolute Gasteiger partial charge is 0.256 e. The number of carbonyl (C=O) groups excluding carboxylic acids is 2. The molecule has 0 unspecified atom stereocenters. The summed E-state index contributed by atoms with van der Waals surface area (Å²) in [6, 6.07) is 15.8. The summed E-state index contributed by atoms with van der Waals surface area (Å²) in [7, 11) is 0. The minimum Gasteiger partial charge on any atom is -0.327 e. The molecule has 2 aliphatic rings. The Balaban J connectivity index is 1.24. The minimum atomic E-state index is 0.0318. The van der Waals surface area contributed by atoms with Crippen LogP contribution in [0.15, 0.2) is 48.5 Å². The second-order valence-corrected chi connectivity index (χ2v) is 9.08. The Morgan fingerprint density at radius 2 is 1.80 bits per heavy atom. The third kappa shape index (κ3) is 3.70. The van der Waals surface area contributed by atoms with Crippen LogP contribution in [-0.2, 0) is 11.3 Å². The number of benzene rings is 2. The van der Waals surface area contributed by atoms with Gasteiger partial charge in [0.15, 0.2) is 0 Å². The number of thiazole rings is 1. The maximum atomic E-state index is 13.2. The summed E-state index contributed by atoms with van der Waals surface area (Å²) in [4.78, 5) is 35.3. The maximum absolute atomic E-state index is 13.2. The lowest BCUT2D eigenvalue weighted by molar-refractivity contribution is -0.917. The van der Waals surface area contributed by atoms with E-state index in [9.17, 15) is 9.59 Å². The molecule has 2 fully saturated rings. The molecule has 1 N–H and O–H groups in total. The average molecular weight is 422 g/mol. The molecule has 0 radical (unpaired) electrons. The van der Waals surface area contributed by atoms with E-state index in [1.54, 1.807) is 16.2 Å². The Labute approximate surface area is 179 Å². The van der Waals surface area contributed by atoms with Crippen LogP contribution in [0.25, 0.3) is 10.2 Å². The lowest BCUT2D eigenvalue weighted by Crippen LogP contribution is -3.13. The Morgan fingerprint density at radius 1 is 1.03 bits per heavy atom. The van der Waals surface area contributed by atoms with Gasteiger partial charge in [0.05, 0.1) is 47.6 Å². The Bertz CT molecular complexity index is 1050. The number of piperazine rings is 1. The Kier molecular flexibility index (Phi) is 5.23. The van der Waals surface area contributed by atoms with Crippen molar-refractivity contribution in [3.63, 3.8) is 0 Å². The maximum Gasteiger partial charge on any atom is 0.256 e. The first-order chi connectivity index (χ1) is 14.7. The van der Waals surface area contributed by atoms with Gasteiger partial charge < -0.3 is 14.7 Å². The quantitative estimate of drug-likeness (QED) is 0.701. The topological polar surface area (TPSA) is 58.0 Å². The zero-order chi connectivity index (χ0) is 20.5. The van der Waals surface area contributed by atoms with Gasteiger partial charge in [0.1, 0.15) is 11.6 Å². The summed E-state index contributed by atoms with van der Waals surface area (Å²) in [5.74, 6) is 0.143. The highest BCUT2D eigenvalue weighted by Gasteiger charge is 2.30. The highest BCUT2D eigenvalue weighted by molar-refractivity contribution is 7.18. The summed E-state index contributed by atoms with van der Waals surface area (Å²) < 4.78 is 1.23. The van der Waals surface area contributed by atoms with Crippen LogP contribution in [0.3, 0.4) is 0 Å². The van der Waals surface area contributed by atoms with E-state index in [2.05, 4.69) is 18.2 Å². The van der Waals surface area contributed by atoms with Crippen LogP contribution < -0.4 is 9.80 Å². The number of rotatable bonds is 4. The van der Waals surface area contributed by atoms with Crippen molar-refractivity contribution in [2.24, 2.45) is 0 Å². The molecule has 0 spiro atoms. The fraction of sp³-hybridized carbons (Fsp3) is 0.348. The summed E-state index contributed by atoms with van der Waals surface area (Å²) in [5.41, 5.74) is 2.47. The number of nitrogens with one attached hydrogen (secondary N) is 1. The second kappa shape index (κ2) is 8.16. The molecule has 2 aromatic carbocycles. The van der Waals surface area contributed by atoms with Gasteiger partial charge in [-0.25, -0.2) is 4.98 Å². The number of anilines is 1. The molecule has 2 saturated heterocycles. The molecule has 6 nitrogen and oxygen atoms in total. The zero-order valence-corrected chi connectivity index (χ0v) is 17.7. The van der Waals surface area contributed by atoms with Crippen molar-refractivity contribution >= 4 is 39.1 Å². The number of amides is 2. The molecule has 0 bridgehead atoms. The van der Waals surface area contributed by atoms with Crippen molar-refractivity contribution in [3.8, 4) is 0 Å². The van der Waals surface area contributed by atoms with Crippen LogP contribution in [-0.4, -0.2) is 54.4 Å². The van der Waals surface area contributed by atoms with Gasteiger partial charge in [-0.15, -0.1) is 11.3 Å². The highest BCUT2D eigenvalue weighted by Crippen LogP contribution is 2.26. The van der Waals surface area contributed by atoms with Crippen LogP contribution in [0.2, 0.25) is 0 Å². The number of hydrogen-bond acceptors (Lipinski definition) is 4. The lowest BCUT2D eigenvalue weighted by atomic mass is 10.1. The molecule has 1 aromatic heterocycles. The molecule has 7 heteroatoms. The van der Waals surface area contributed by atoms with Gasteiger partial charge in [0, 0.05) is 13.0 Å². The Hall–Kier alpha value is -2.77. The van der Waals surface area contributed by atoms with Crippen molar-refractivity contribution in [1.29, 1.82) is 0 Å². The van der Waals surface area contributed by atoms with Gasteiger partial charge in [0.2, 0.25) is 5.91 Å². The van der Waals surface area contributed by atoms with Gasteiger partial charge in [0.25, 0.3) is 5.91 Å². The number of para-hydroxylation sites is 2. The molecule has 3 aromatic rings. The fourth-order valence-corrected chi connectivity index (χ4v) is 5.41. The van der Waals surface area contributed by atoms with Gasteiger partial charge in [-0.3, -0.25) is 9.59 Å². The average Bonchev–Trinajstić information content (AvgIpc) is 3.39. The number of quaternary nitrogens is 1. The monoisotopic (exact) mass is 421 g/mol. The molecular weight excluding hydrogens is 396 g/mol. The molecule has 2 amide bonds. The van der Waals surface area contributed by atoms with Gasteiger partial charge in [-0.2, -0.15) is 0 Å². The highest BCUT2D eigenvalue weighted by atomic mass is 32.1. The van der Waals surface area contributed by atoms with E-state index in [0.29, 0.717) is 18.5 Å². The predicted molar refractivity (Wildman–Crippen MR) is 118 cm³/mol. The van der Waals surface area contributed by atoms with E-state index in [1.807, 2.05) is 35.2 Å². The number of nitrogens with zero attached hydrogens (tertiary/aromatic N) is 3. The van der Waals surface area contributed by atoms with E-state index in [4.69, 9.17) is 4.98 Å². The van der Waals surface area contributed by atoms with Crippen LogP contribution in [0.1, 0.15) is 28.2 Å². The first-order valence-electron chi connectivity index (χ1n) is 10.6. The zero-order valence-electron chi connectivity index (χ0n) is 16.8. The molecule has 3 heterocycles. The van der Waals surface area contributed by atoms with Crippen LogP contribution in [0.4, 0.5) is 5.69 Å². The number of carbonyl (C=O) groups is 2. The van der Waals surface area contributed by atoms with Crippen LogP contribution >= 0.6 is 11.3 Å². The fourth-order valence-electron chi connectivity index (χ4n) is 4.38. The first-order valence-corrected chi connectivity index (χ1v) is 11.4. The summed E-state index contributed by atoms with van der Waals surface area (Å²) in [6.07, 6.45) is 1.42. The van der Waals surface area contributed by atoms with Crippen molar-refractivity contribution in [2.45, 2.75) is 19.4 Å². The van der Waals surface area contributed by atoms with E-state index < -0.39 is 0 Å². The third-order valence-electron chi connectivity index (χ3n) is 6.00. The molecule has 5 rings (SSSR count).